The van der Waals surface area contributed by atoms with Gasteiger partial charge in [0.1, 0.15) is 11.1 Å². The van der Waals surface area contributed by atoms with Gasteiger partial charge < -0.3 is 9.88 Å². The van der Waals surface area contributed by atoms with Crippen LogP contribution in [0.15, 0.2) is 41.7 Å². The first-order valence-corrected chi connectivity index (χ1v) is 9.81. The van der Waals surface area contributed by atoms with Crippen LogP contribution in [0.25, 0.3) is 11.3 Å². The molecule has 0 aliphatic rings. The predicted molar refractivity (Wildman–Crippen MR) is 107 cm³/mol. The fraction of sp³-hybridized carbons (Fsp3) is 0.211. The highest BCUT2D eigenvalue weighted by Crippen LogP contribution is 2.32. The summed E-state index contributed by atoms with van der Waals surface area (Å²) in [5, 5.41) is 13.5. The summed E-state index contributed by atoms with van der Waals surface area (Å²) in [5.41, 5.74) is 3.57. The molecule has 7 heteroatoms. The van der Waals surface area contributed by atoms with Gasteiger partial charge in [0.25, 0.3) is 0 Å². The number of benzene rings is 1. The van der Waals surface area contributed by atoms with Crippen LogP contribution in [0, 0.1) is 25.2 Å². The molecule has 0 aliphatic carbocycles. The number of carbonyl (C=O) groups excluding carboxylic acids is 1. The first kappa shape index (κ1) is 18.2. The standard InChI is InChI=1S/C19H18N4OS2/c1-12-13(2)26-18(15(12)9-20)22-17(24)11-25-19-21-10-16(23(19)3)14-7-5-4-6-8-14/h4-8,10H,11H2,1-3H3,(H,22,24). The number of thiophene rings is 1. The largest absolute Gasteiger partial charge is 0.322 e. The highest BCUT2D eigenvalue weighted by atomic mass is 32.2. The fourth-order valence-electron chi connectivity index (χ4n) is 2.55. The van der Waals surface area contributed by atoms with Gasteiger partial charge in [-0.05, 0) is 25.0 Å². The summed E-state index contributed by atoms with van der Waals surface area (Å²) in [7, 11) is 1.94. The number of imidazole rings is 1. The summed E-state index contributed by atoms with van der Waals surface area (Å²) in [4.78, 5) is 17.8. The molecule has 5 nitrogen and oxygen atoms in total. The van der Waals surface area contributed by atoms with Crippen molar-refractivity contribution in [2.75, 3.05) is 11.1 Å². The SMILES string of the molecule is Cc1sc(NC(=O)CSc2ncc(-c3ccccc3)n2C)c(C#N)c1C. The summed E-state index contributed by atoms with van der Waals surface area (Å²) in [6.07, 6.45) is 1.81. The minimum Gasteiger partial charge on any atom is -0.322 e. The summed E-state index contributed by atoms with van der Waals surface area (Å²) < 4.78 is 1.98. The molecular weight excluding hydrogens is 364 g/mol. The van der Waals surface area contributed by atoms with Gasteiger partial charge in [0.15, 0.2) is 5.16 Å². The lowest BCUT2D eigenvalue weighted by molar-refractivity contribution is -0.113. The maximum absolute atomic E-state index is 12.3. The van der Waals surface area contributed by atoms with Crippen LogP contribution in [-0.4, -0.2) is 21.2 Å². The average molecular weight is 383 g/mol. The Balaban J connectivity index is 1.67. The lowest BCUT2D eigenvalue weighted by atomic mass is 10.2. The second-order valence-corrected chi connectivity index (χ2v) is 7.95. The van der Waals surface area contributed by atoms with E-state index < -0.39 is 0 Å². The summed E-state index contributed by atoms with van der Waals surface area (Å²) >= 11 is 2.81. The van der Waals surface area contributed by atoms with E-state index in [1.807, 2.05) is 62.0 Å². The van der Waals surface area contributed by atoms with E-state index in [-0.39, 0.29) is 11.7 Å². The average Bonchev–Trinajstić information content (AvgIpc) is 3.13. The number of nitrogens with zero attached hydrogens (tertiary/aromatic N) is 3. The van der Waals surface area contributed by atoms with Crippen LogP contribution in [0.1, 0.15) is 16.0 Å². The Morgan fingerprint density at radius 3 is 2.77 bits per heavy atom. The number of nitriles is 1. The molecule has 0 fully saturated rings. The van der Waals surface area contributed by atoms with E-state index in [0.29, 0.717) is 10.6 Å². The van der Waals surface area contributed by atoms with Gasteiger partial charge in [-0.3, -0.25) is 4.79 Å². The molecule has 3 aromatic rings. The molecule has 0 saturated carbocycles. The minimum atomic E-state index is -0.142. The Bertz CT molecular complexity index is 983. The lowest BCUT2D eigenvalue weighted by Gasteiger charge is -2.06. The van der Waals surface area contributed by atoms with Crippen molar-refractivity contribution >= 4 is 34.0 Å². The Hall–Kier alpha value is -2.56. The van der Waals surface area contributed by atoms with Crippen molar-refractivity contribution in [3.05, 3.63) is 52.5 Å². The van der Waals surface area contributed by atoms with Gasteiger partial charge >= 0.3 is 0 Å². The number of thioether (sulfide) groups is 1. The summed E-state index contributed by atoms with van der Waals surface area (Å²) in [5.74, 6) is 0.0944. The maximum atomic E-state index is 12.3. The fourth-order valence-corrected chi connectivity index (χ4v) is 4.32. The quantitative estimate of drug-likeness (QED) is 0.665. The zero-order valence-corrected chi connectivity index (χ0v) is 16.4. The number of aromatic nitrogens is 2. The van der Waals surface area contributed by atoms with Crippen LogP contribution in [0.2, 0.25) is 0 Å². The third-order valence-corrected chi connectivity index (χ3v) is 6.26. The molecule has 0 saturated heterocycles. The van der Waals surface area contributed by atoms with E-state index in [0.717, 1.165) is 26.9 Å². The van der Waals surface area contributed by atoms with Crippen LogP contribution in [-0.2, 0) is 11.8 Å². The van der Waals surface area contributed by atoms with Crippen molar-refractivity contribution in [3.8, 4) is 17.3 Å². The molecule has 1 N–H and O–H groups in total. The van der Waals surface area contributed by atoms with E-state index in [1.54, 1.807) is 0 Å². The number of amides is 1. The topological polar surface area (TPSA) is 70.7 Å². The van der Waals surface area contributed by atoms with Gasteiger partial charge in [0, 0.05) is 11.9 Å². The minimum absolute atomic E-state index is 0.142. The molecule has 1 aromatic carbocycles. The van der Waals surface area contributed by atoms with E-state index >= 15 is 0 Å². The molecule has 132 valence electrons. The molecule has 2 aromatic heterocycles. The second kappa shape index (κ2) is 7.77. The number of anilines is 1. The molecule has 26 heavy (non-hydrogen) atoms. The molecular formula is C19H18N4OS2. The first-order chi connectivity index (χ1) is 12.5. The van der Waals surface area contributed by atoms with Gasteiger partial charge in [-0.15, -0.1) is 11.3 Å². The van der Waals surface area contributed by atoms with E-state index in [9.17, 15) is 10.1 Å². The van der Waals surface area contributed by atoms with Crippen molar-refractivity contribution in [1.82, 2.24) is 9.55 Å². The van der Waals surface area contributed by atoms with E-state index in [4.69, 9.17) is 0 Å². The van der Waals surface area contributed by atoms with Crippen molar-refractivity contribution in [2.45, 2.75) is 19.0 Å². The van der Waals surface area contributed by atoms with Crippen LogP contribution in [0.3, 0.4) is 0 Å². The van der Waals surface area contributed by atoms with Gasteiger partial charge in [-0.2, -0.15) is 5.26 Å². The molecule has 0 unspecified atom stereocenters. The highest BCUT2D eigenvalue weighted by Gasteiger charge is 2.16. The Morgan fingerprint density at radius 1 is 1.35 bits per heavy atom. The van der Waals surface area contributed by atoms with E-state index in [2.05, 4.69) is 16.4 Å². The van der Waals surface area contributed by atoms with Gasteiger partial charge in [0.2, 0.25) is 5.91 Å². The van der Waals surface area contributed by atoms with E-state index in [1.165, 1.54) is 23.1 Å². The Kier molecular flexibility index (Phi) is 5.45. The van der Waals surface area contributed by atoms with Crippen molar-refractivity contribution < 1.29 is 4.79 Å². The number of hydrogen-bond acceptors (Lipinski definition) is 5. The number of rotatable bonds is 5. The number of aryl methyl sites for hydroxylation is 1. The molecule has 2 heterocycles. The predicted octanol–water partition coefficient (Wildman–Crippen LogP) is 4.37. The third-order valence-electron chi connectivity index (χ3n) is 4.10. The first-order valence-electron chi connectivity index (χ1n) is 8.01. The van der Waals surface area contributed by atoms with Crippen LogP contribution < -0.4 is 5.32 Å². The highest BCUT2D eigenvalue weighted by molar-refractivity contribution is 7.99. The Morgan fingerprint density at radius 2 is 2.08 bits per heavy atom. The van der Waals surface area contributed by atoms with Crippen molar-refractivity contribution in [1.29, 1.82) is 5.26 Å². The Labute approximate surface area is 160 Å². The van der Waals surface area contributed by atoms with Crippen molar-refractivity contribution in [2.24, 2.45) is 7.05 Å². The monoisotopic (exact) mass is 382 g/mol. The van der Waals surface area contributed by atoms with Crippen molar-refractivity contribution in [3.63, 3.8) is 0 Å². The number of nitrogens with one attached hydrogen (secondary N) is 1. The summed E-state index contributed by atoms with van der Waals surface area (Å²) in [6, 6.07) is 12.2. The number of hydrogen-bond donors (Lipinski definition) is 1. The van der Waals surface area contributed by atoms with Crippen LogP contribution in [0.4, 0.5) is 5.00 Å². The molecule has 1 amide bonds. The summed E-state index contributed by atoms with van der Waals surface area (Å²) in [6.45, 7) is 3.85. The van der Waals surface area contributed by atoms with Gasteiger partial charge in [-0.25, -0.2) is 4.98 Å². The maximum Gasteiger partial charge on any atom is 0.235 e. The molecule has 0 aliphatic heterocycles. The van der Waals surface area contributed by atoms with Crippen LogP contribution >= 0.6 is 23.1 Å². The van der Waals surface area contributed by atoms with Gasteiger partial charge in [-0.1, -0.05) is 42.1 Å². The molecule has 0 radical (unpaired) electrons. The smallest absolute Gasteiger partial charge is 0.235 e. The number of carbonyl (C=O) groups is 1. The molecule has 0 spiro atoms. The zero-order valence-electron chi connectivity index (χ0n) is 14.7. The second-order valence-electron chi connectivity index (χ2n) is 5.79. The third kappa shape index (κ3) is 3.66. The molecule has 0 atom stereocenters. The zero-order chi connectivity index (χ0) is 18.7. The molecule has 0 bridgehead atoms. The molecule has 3 rings (SSSR count). The van der Waals surface area contributed by atoms with Gasteiger partial charge in [0.05, 0.1) is 23.2 Å². The van der Waals surface area contributed by atoms with Crippen LogP contribution in [0.5, 0.6) is 0 Å². The lowest BCUT2D eigenvalue weighted by Crippen LogP contribution is -2.14. The normalized spacial score (nSPS) is 10.5.